The maximum atomic E-state index is 12.2. The second-order valence-electron chi connectivity index (χ2n) is 7.26. The van der Waals surface area contributed by atoms with E-state index in [-0.39, 0.29) is 5.91 Å². The normalized spacial score (nSPS) is 13.8. The third-order valence-electron chi connectivity index (χ3n) is 5.33. The number of hydrogen-bond donors (Lipinski definition) is 1. The molecule has 0 radical (unpaired) electrons. The number of amides is 1. The van der Waals surface area contributed by atoms with Crippen molar-refractivity contribution in [3.8, 4) is 0 Å². The lowest BCUT2D eigenvalue weighted by atomic mass is 9.95. The molecule has 0 spiro atoms. The summed E-state index contributed by atoms with van der Waals surface area (Å²) in [5, 5.41) is 5.44. The van der Waals surface area contributed by atoms with Crippen molar-refractivity contribution in [1.29, 1.82) is 0 Å². The number of aromatic nitrogens is 1. The Hall–Kier alpha value is -2.88. The first-order valence-corrected chi connectivity index (χ1v) is 9.70. The van der Waals surface area contributed by atoms with Crippen LogP contribution in [0.25, 0.3) is 10.9 Å². The number of aryl methyl sites for hydroxylation is 3. The fourth-order valence-electron chi connectivity index (χ4n) is 3.94. The molecular weight excluding hydrogens is 334 g/mol. The van der Waals surface area contributed by atoms with Crippen LogP contribution >= 0.6 is 0 Å². The van der Waals surface area contributed by atoms with Crippen LogP contribution in [-0.2, 0) is 24.2 Å². The van der Waals surface area contributed by atoms with E-state index in [0.29, 0.717) is 13.0 Å². The summed E-state index contributed by atoms with van der Waals surface area (Å²) in [6.07, 6.45) is 6.86. The van der Waals surface area contributed by atoms with E-state index in [0.717, 1.165) is 18.4 Å². The van der Waals surface area contributed by atoms with Crippen LogP contribution in [0, 0.1) is 6.92 Å². The van der Waals surface area contributed by atoms with Gasteiger partial charge in [-0.15, -0.1) is 0 Å². The Bertz CT molecular complexity index is 983. The van der Waals surface area contributed by atoms with Gasteiger partial charge in [0.1, 0.15) is 0 Å². The highest BCUT2D eigenvalue weighted by Crippen LogP contribution is 2.32. The maximum Gasteiger partial charge on any atom is 0.241 e. The van der Waals surface area contributed by atoms with Gasteiger partial charge in [0.2, 0.25) is 5.91 Å². The predicted molar refractivity (Wildman–Crippen MR) is 110 cm³/mol. The monoisotopic (exact) mass is 359 g/mol. The molecule has 1 aliphatic rings. The molecule has 0 fully saturated rings. The van der Waals surface area contributed by atoms with Crippen molar-refractivity contribution in [2.75, 3.05) is 0 Å². The molecule has 1 heterocycles. The Labute approximate surface area is 159 Å². The van der Waals surface area contributed by atoms with E-state index < -0.39 is 0 Å². The minimum Gasteiger partial charge on any atom is -0.344 e. The van der Waals surface area contributed by atoms with Crippen LogP contribution in [0.4, 0.5) is 0 Å². The van der Waals surface area contributed by atoms with Crippen molar-refractivity contribution in [3.05, 3.63) is 70.9 Å². The van der Waals surface area contributed by atoms with E-state index in [4.69, 9.17) is 0 Å². The van der Waals surface area contributed by atoms with Gasteiger partial charge in [-0.2, -0.15) is 5.10 Å². The second kappa shape index (κ2) is 7.78. The Balaban J connectivity index is 1.43. The predicted octanol–water partition coefficient (Wildman–Crippen LogP) is 4.37. The lowest BCUT2D eigenvalue weighted by Gasteiger charge is -2.15. The molecule has 0 unspecified atom stereocenters. The summed E-state index contributed by atoms with van der Waals surface area (Å²) in [7, 11) is 0. The number of fused-ring (bicyclic) bond motifs is 3. The number of para-hydroxylation sites is 1. The van der Waals surface area contributed by atoms with Gasteiger partial charge in [-0.05, 0) is 49.8 Å². The highest BCUT2D eigenvalue weighted by Gasteiger charge is 2.19. The zero-order valence-corrected chi connectivity index (χ0v) is 15.7. The molecule has 2 aromatic carbocycles. The van der Waals surface area contributed by atoms with Gasteiger partial charge in [0.25, 0.3) is 0 Å². The Kier molecular flexibility index (Phi) is 5.05. The van der Waals surface area contributed by atoms with Crippen LogP contribution < -0.4 is 5.43 Å². The van der Waals surface area contributed by atoms with Crippen LogP contribution in [0.15, 0.2) is 53.6 Å². The van der Waals surface area contributed by atoms with Crippen molar-refractivity contribution in [2.45, 2.75) is 45.6 Å². The van der Waals surface area contributed by atoms with Crippen molar-refractivity contribution in [1.82, 2.24) is 9.99 Å². The lowest BCUT2D eigenvalue weighted by Crippen LogP contribution is -2.20. The van der Waals surface area contributed by atoms with Gasteiger partial charge in [0.05, 0.1) is 6.21 Å². The van der Waals surface area contributed by atoms with Gasteiger partial charge in [-0.1, -0.05) is 48.0 Å². The number of carbonyl (C=O) groups is 1. The molecule has 1 N–H and O–H groups in total. The van der Waals surface area contributed by atoms with Crippen molar-refractivity contribution in [3.63, 3.8) is 0 Å². The molecule has 0 saturated carbocycles. The number of hydrogen-bond acceptors (Lipinski definition) is 2. The van der Waals surface area contributed by atoms with Gasteiger partial charge < -0.3 is 4.57 Å². The Morgan fingerprint density at radius 3 is 2.74 bits per heavy atom. The molecule has 1 amide bonds. The number of nitrogens with zero attached hydrogens (tertiary/aromatic N) is 2. The van der Waals surface area contributed by atoms with E-state index in [1.807, 2.05) is 31.2 Å². The number of rotatable bonds is 5. The summed E-state index contributed by atoms with van der Waals surface area (Å²) in [4.78, 5) is 12.2. The molecule has 4 nitrogen and oxygen atoms in total. The zero-order chi connectivity index (χ0) is 18.6. The van der Waals surface area contributed by atoms with Gasteiger partial charge >= 0.3 is 0 Å². The highest BCUT2D eigenvalue weighted by molar-refractivity contribution is 5.86. The molecule has 0 atom stereocenters. The smallest absolute Gasteiger partial charge is 0.241 e. The summed E-state index contributed by atoms with van der Waals surface area (Å²) in [6, 6.07) is 16.6. The van der Waals surface area contributed by atoms with Gasteiger partial charge in [-0.3, -0.25) is 4.79 Å². The van der Waals surface area contributed by atoms with Crippen LogP contribution in [0.3, 0.4) is 0 Å². The molecule has 0 aliphatic heterocycles. The first-order chi connectivity index (χ1) is 13.2. The fraction of sp³-hybridized carbons (Fsp3) is 0.304. The fourth-order valence-corrected chi connectivity index (χ4v) is 3.94. The topological polar surface area (TPSA) is 46.4 Å². The van der Waals surface area contributed by atoms with Gasteiger partial charge in [0.15, 0.2) is 0 Å². The maximum absolute atomic E-state index is 12.2. The molecule has 1 aliphatic carbocycles. The van der Waals surface area contributed by atoms with Crippen molar-refractivity contribution >= 4 is 23.0 Å². The van der Waals surface area contributed by atoms with Crippen LogP contribution in [-0.4, -0.2) is 16.7 Å². The van der Waals surface area contributed by atoms with E-state index in [2.05, 4.69) is 39.4 Å². The van der Waals surface area contributed by atoms with Crippen molar-refractivity contribution < 1.29 is 4.79 Å². The zero-order valence-electron chi connectivity index (χ0n) is 15.7. The van der Waals surface area contributed by atoms with Crippen LogP contribution in [0.1, 0.15) is 41.6 Å². The van der Waals surface area contributed by atoms with E-state index in [9.17, 15) is 4.79 Å². The van der Waals surface area contributed by atoms with Crippen LogP contribution in [0.2, 0.25) is 0 Å². The lowest BCUT2D eigenvalue weighted by molar-refractivity contribution is -0.121. The Morgan fingerprint density at radius 2 is 1.89 bits per heavy atom. The molecule has 4 heteroatoms. The molecule has 0 bridgehead atoms. The summed E-state index contributed by atoms with van der Waals surface area (Å²) in [5.74, 6) is -0.0549. The first-order valence-electron chi connectivity index (χ1n) is 9.70. The molecule has 0 saturated heterocycles. The molecule has 3 aromatic rings. The standard InChI is InChI=1S/C23H25N3O/c1-17-10-12-18(13-11-17)16-24-25-23(27)14-15-26-21-8-4-2-6-19(21)20-7-3-5-9-22(20)26/h2,4,6,8,10-13,16H,3,5,7,9,14-15H2,1H3,(H,25,27)/b24-16+. The van der Waals surface area contributed by atoms with Gasteiger partial charge in [0, 0.05) is 29.6 Å². The summed E-state index contributed by atoms with van der Waals surface area (Å²) in [5.41, 5.74) is 8.99. The number of hydrazone groups is 1. The second-order valence-corrected chi connectivity index (χ2v) is 7.26. The van der Waals surface area contributed by atoms with Crippen molar-refractivity contribution in [2.24, 2.45) is 5.10 Å². The van der Waals surface area contributed by atoms with Gasteiger partial charge in [-0.25, -0.2) is 5.43 Å². The summed E-state index contributed by atoms with van der Waals surface area (Å²) >= 11 is 0. The number of carbonyl (C=O) groups excluding carboxylic acids is 1. The molecule has 4 rings (SSSR count). The third-order valence-corrected chi connectivity index (χ3v) is 5.33. The third kappa shape index (κ3) is 3.80. The number of nitrogens with one attached hydrogen (secondary N) is 1. The van der Waals surface area contributed by atoms with E-state index >= 15 is 0 Å². The Morgan fingerprint density at radius 1 is 1.11 bits per heavy atom. The average Bonchev–Trinajstić information content (AvgIpc) is 3.02. The van der Waals surface area contributed by atoms with E-state index in [1.54, 1.807) is 6.21 Å². The summed E-state index contributed by atoms with van der Waals surface area (Å²) < 4.78 is 2.34. The molecule has 27 heavy (non-hydrogen) atoms. The molecule has 1 aromatic heterocycles. The number of benzene rings is 2. The molecule has 138 valence electrons. The average molecular weight is 359 g/mol. The quantitative estimate of drug-likeness (QED) is 0.534. The minimum absolute atomic E-state index is 0.0549. The summed E-state index contributed by atoms with van der Waals surface area (Å²) in [6.45, 7) is 2.74. The molecular formula is C23H25N3O. The largest absolute Gasteiger partial charge is 0.344 e. The minimum atomic E-state index is -0.0549. The first kappa shape index (κ1) is 17.5. The van der Waals surface area contributed by atoms with Crippen LogP contribution in [0.5, 0.6) is 0 Å². The van der Waals surface area contributed by atoms with E-state index in [1.165, 1.54) is 40.6 Å². The highest BCUT2D eigenvalue weighted by atomic mass is 16.2. The SMILES string of the molecule is Cc1ccc(/C=N/NC(=O)CCn2c3c(c4ccccc42)CCCC3)cc1.